The van der Waals surface area contributed by atoms with Gasteiger partial charge in [0.2, 0.25) is 0 Å². The fourth-order valence-corrected chi connectivity index (χ4v) is 1.94. The Balaban J connectivity index is 2.16. The molecular formula is C15H18N2. The average molecular weight is 226 g/mol. The van der Waals surface area contributed by atoms with Gasteiger partial charge in [-0.25, -0.2) is 0 Å². The molecule has 0 bridgehead atoms. The number of aryl methyl sites for hydroxylation is 1. The van der Waals surface area contributed by atoms with Crippen LogP contribution in [0.1, 0.15) is 30.6 Å². The lowest BCUT2D eigenvalue weighted by Crippen LogP contribution is -2.09. The zero-order valence-electron chi connectivity index (χ0n) is 10.4. The maximum absolute atomic E-state index is 4.21. The van der Waals surface area contributed by atoms with Gasteiger partial charge in [0.25, 0.3) is 0 Å². The number of rotatable bonds is 4. The quantitative estimate of drug-likeness (QED) is 0.853. The summed E-state index contributed by atoms with van der Waals surface area (Å²) in [5, 5.41) is 3.55. The summed E-state index contributed by atoms with van der Waals surface area (Å²) in [6, 6.07) is 15.0. The predicted octanol–water partition coefficient (Wildman–Crippen LogP) is 3.95. The molecule has 0 saturated heterocycles. The molecule has 2 aromatic rings. The van der Waals surface area contributed by atoms with Crippen LogP contribution in [0.5, 0.6) is 0 Å². The van der Waals surface area contributed by atoms with Crippen LogP contribution < -0.4 is 5.32 Å². The van der Waals surface area contributed by atoms with Crippen LogP contribution in [-0.2, 0) is 0 Å². The first-order valence-corrected chi connectivity index (χ1v) is 6.03. The summed E-state index contributed by atoms with van der Waals surface area (Å²) in [5.41, 5.74) is 3.50. The number of hydrogen-bond acceptors (Lipinski definition) is 2. The minimum Gasteiger partial charge on any atom is -0.378 e. The molecule has 0 aliphatic rings. The molecule has 0 amide bonds. The molecule has 1 aromatic heterocycles. The lowest BCUT2D eigenvalue weighted by atomic mass is 10.0. The van der Waals surface area contributed by atoms with Crippen molar-refractivity contribution in [2.75, 3.05) is 5.32 Å². The van der Waals surface area contributed by atoms with Crippen molar-refractivity contribution in [2.45, 2.75) is 26.3 Å². The average Bonchev–Trinajstić information content (AvgIpc) is 2.37. The van der Waals surface area contributed by atoms with Gasteiger partial charge in [0.15, 0.2) is 0 Å². The normalized spacial score (nSPS) is 12.1. The second-order valence-electron chi connectivity index (χ2n) is 4.20. The summed E-state index contributed by atoms with van der Waals surface area (Å²) in [4.78, 5) is 4.21. The molecule has 1 unspecified atom stereocenters. The standard InChI is InChI=1S/C15H18N2/c1-3-15(13-7-5-4-6-8-13)17-14-9-10-16-12(2)11-14/h4-11,15H,3H2,1-2H3,(H,16,17). The van der Waals surface area contributed by atoms with E-state index in [1.807, 2.05) is 25.3 Å². The van der Waals surface area contributed by atoms with Gasteiger partial charge in [-0.1, -0.05) is 37.3 Å². The van der Waals surface area contributed by atoms with Crippen LogP contribution in [0.25, 0.3) is 0 Å². The number of nitrogens with one attached hydrogen (secondary N) is 1. The van der Waals surface area contributed by atoms with Gasteiger partial charge in [0, 0.05) is 17.6 Å². The van der Waals surface area contributed by atoms with Gasteiger partial charge < -0.3 is 5.32 Å². The van der Waals surface area contributed by atoms with Crippen molar-refractivity contribution in [3.8, 4) is 0 Å². The molecule has 2 rings (SSSR count). The third-order valence-electron chi connectivity index (χ3n) is 2.85. The van der Waals surface area contributed by atoms with Crippen LogP contribution in [-0.4, -0.2) is 4.98 Å². The molecule has 17 heavy (non-hydrogen) atoms. The molecule has 0 aliphatic carbocycles. The first-order chi connectivity index (χ1) is 8.29. The summed E-state index contributed by atoms with van der Waals surface area (Å²) >= 11 is 0. The summed E-state index contributed by atoms with van der Waals surface area (Å²) in [6.45, 7) is 4.20. The van der Waals surface area contributed by atoms with Crippen molar-refractivity contribution in [3.63, 3.8) is 0 Å². The van der Waals surface area contributed by atoms with Gasteiger partial charge >= 0.3 is 0 Å². The van der Waals surface area contributed by atoms with Gasteiger partial charge in [-0.15, -0.1) is 0 Å². The topological polar surface area (TPSA) is 24.9 Å². The lowest BCUT2D eigenvalue weighted by Gasteiger charge is -2.18. The third-order valence-corrected chi connectivity index (χ3v) is 2.85. The highest BCUT2D eigenvalue weighted by molar-refractivity contribution is 5.45. The van der Waals surface area contributed by atoms with Crippen LogP contribution in [0, 0.1) is 6.92 Å². The summed E-state index contributed by atoms with van der Waals surface area (Å²) in [7, 11) is 0. The van der Waals surface area contributed by atoms with E-state index in [-0.39, 0.29) is 0 Å². The molecule has 0 spiro atoms. The molecule has 0 aliphatic heterocycles. The maximum atomic E-state index is 4.21. The van der Waals surface area contributed by atoms with Gasteiger partial charge in [0.05, 0.1) is 6.04 Å². The zero-order valence-corrected chi connectivity index (χ0v) is 10.4. The number of pyridine rings is 1. The van der Waals surface area contributed by atoms with E-state index in [0.717, 1.165) is 17.8 Å². The number of anilines is 1. The lowest BCUT2D eigenvalue weighted by molar-refractivity contribution is 0.749. The van der Waals surface area contributed by atoms with Gasteiger partial charge in [0.1, 0.15) is 0 Å². The smallest absolute Gasteiger partial charge is 0.0511 e. The number of benzene rings is 1. The highest BCUT2D eigenvalue weighted by atomic mass is 14.9. The molecule has 0 radical (unpaired) electrons. The molecule has 88 valence electrons. The molecule has 1 N–H and O–H groups in total. The fourth-order valence-electron chi connectivity index (χ4n) is 1.94. The Morgan fingerprint density at radius 3 is 2.59 bits per heavy atom. The van der Waals surface area contributed by atoms with Crippen molar-refractivity contribution in [2.24, 2.45) is 0 Å². The van der Waals surface area contributed by atoms with Gasteiger partial charge in [-0.2, -0.15) is 0 Å². The fraction of sp³-hybridized carbons (Fsp3) is 0.267. The van der Waals surface area contributed by atoms with Crippen molar-refractivity contribution in [1.29, 1.82) is 0 Å². The van der Waals surface area contributed by atoms with Crippen LogP contribution in [0.2, 0.25) is 0 Å². The Kier molecular flexibility index (Phi) is 3.76. The molecule has 1 heterocycles. The number of aromatic nitrogens is 1. The van der Waals surface area contributed by atoms with Gasteiger partial charge in [-0.05, 0) is 31.0 Å². The Morgan fingerprint density at radius 1 is 1.18 bits per heavy atom. The summed E-state index contributed by atoms with van der Waals surface area (Å²) in [6.07, 6.45) is 2.90. The molecule has 0 saturated carbocycles. The largest absolute Gasteiger partial charge is 0.378 e. The first kappa shape index (κ1) is 11.6. The first-order valence-electron chi connectivity index (χ1n) is 6.03. The van der Waals surface area contributed by atoms with Crippen molar-refractivity contribution in [1.82, 2.24) is 4.98 Å². The van der Waals surface area contributed by atoms with Crippen molar-refractivity contribution >= 4 is 5.69 Å². The van der Waals surface area contributed by atoms with E-state index in [0.29, 0.717) is 6.04 Å². The Morgan fingerprint density at radius 2 is 1.94 bits per heavy atom. The van der Waals surface area contributed by atoms with Crippen molar-refractivity contribution < 1.29 is 0 Å². The van der Waals surface area contributed by atoms with Gasteiger partial charge in [-0.3, -0.25) is 4.98 Å². The Labute approximate surface area is 103 Å². The zero-order chi connectivity index (χ0) is 12.1. The van der Waals surface area contributed by atoms with E-state index in [4.69, 9.17) is 0 Å². The number of nitrogens with zero attached hydrogens (tertiary/aromatic N) is 1. The molecule has 2 nitrogen and oxygen atoms in total. The van der Waals surface area contributed by atoms with E-state index in [2.05, 4.69) is 47.6 Å². The Hall–Kier alpha value is -1.83. The molecule has 1 aromatic carbocycles. The molecule has 1 atom stereocenters. The highest BCUT2D eigenvalue weighted by Crippen LogP contribution is 2.22. The minimum absolute atomic E-state index is 0.359. The SMILES string of the molecule is CCC(Nc1ccnc(C)c1)c1ccccc1. The molecule has 2 heteroatoms. The minimum atomic E-state index is 0.359. The second kappa shape index (κ2) is 5.48. The third kappa shape index (κ3) is 3.06. The van der Waals surface area contributed by atoms with E-state index < -0.39 is 0 Å². The monoisotopic (exact) mass is 226 g/mol. The van der Waals surface area contributed by atoms with E-state index in [9.17, 15) is 0 Å². The van der Waals surface area contributed by atoms with E-state index >= 15 is 0 Å². The second-order valence-corrected chi connectivity index (χ2v) is 4.20. The van der Waals surface area contributed by atoms with Crippen molar-refractivity contribution in [3.05, 3.63) is 59.9 Å². The summed E-state index contributed by atoms with van der Waals surface area (Å²) in [5.74, 6) is 0. The molecular weight excluding hydrogens is 208 g/mol. The highest BCUT2D eigenvalue weighted by Gasteiger charge is 2.08. The number of hydrogen-bond donors (Lipinski definition) is 1. The van der Waals surface area contributed by atoms with E-state index in [1.165, 1.54) is 5.56 Å². The maximum Gasteiger partial charge on any atom is 0.0511 e. The van der Waals surface area contributed by atoms with Crippen LogP contribution in [0.15, 0.2) is 48.7 Å². The summed E-state index contributed by atoms with van der Waals surface area (Å²) < 4.78 is 0. The Bertz CT molecular complexity index is 465. The van der Waals surface area contributed by atoms with E-state index in [1.54, 1.807) is 0 Å². The van der Waals surface area contributed by atoms with Crippen LogP contribution in [0.4, 0.5) is 5.69 Å². The molecule has 0 fully saturated rings. The van der Waals surface area contributed by atoms with Crippen LogP contribution >= 0.6 is 0 Å². The van der Waals surface area contributed by atoms with Crippen LogP contribution in [0.3, 0.4) is 0 Å². The predicted molar refractivity (Wildman–Crippen MR) is 72.1 cm³/mol.